The molecule has 0 aliphatic carbocycles. The quantitative estimate of drug-likeness (QED) is 0.742. The number of hydrogen-bond acceptors (Lipinski definition) is 3. The molecule has 0 saturated carbocycles. The van der Waals surface area contributed by atoms with E-state index in [0.29, 0.717) is 18.8 Å². The van der Waals surface area contributed by atoms with Crippen molar-refractivity contribution in [1.82, 2.24) is 9.88 Å². The number of pyridine rings is 1. The molecule has 1 aromatic heterocycles. The van der Waals surface area contributed by atoms with Gasteiger partial charge in [0.15, 0.2) is 0 Å². The van der Waals surface area contributed by atoms with Gasteiger partial charge >= 0.3 is 0 Å². The molecule has 1 saturated heterocycles. The van der Waals surface area contributed by atoms with Gasteiger partial charge in [-0.3, -0.25) is 4.79 Å². The smallest absolute Gasteiger partial charge is 0.272 e. The number of nitrogens with zero attached hydrogens (tertiary/aromatic N) is 2. The van der Waals surface area contributed by atoms with Crippen LogP contribution in [0.5, 0.6) is 0 Å². The molecular weight excluding hydrogens is 216 g/mol. The summed E-state index contributed by atoms with van der Waals surface area (Å²) in [5.41, 5.74) is 1.39. The average molecular weight is 234 g/mol. The lowest BCUT2D eigenvalue weighted by Gasteiger charge is -2.35. The van der Waals surface area contributed by atoms with Crippen molar-refractivity contribution >= 4 is 5.91 Å². The molecule has 0 radical (unpaired) electrons. The standard InChI is InChI=1S/C13H18N2O2/c1-9-5-4-6-12(14-9)13(16)15-7-10(2)17-11(3)8-15/h4-6,10-11H,7-8H2,1-3H3. The lowest BCUT2D eigenvalue weighted by molar-refractivity contribution is -0.0587. The van der Waals surface area contributed by atoms with Crippen LogP contribution in [-0.2, 0) is 4.74 Å². The van der Waals surface area contributed by atoms with Gasteiger partial charge in [-0.2, -0.15) is 0 Å². The molecule has 1 aliphatic heterocycles. The van der Waals surface area contributed by atoms with Crippen LogP contribution in [-0.4, -0.2) is 41.1 Å². The largest absolute Gasteiger partial charge is 0.372 e. The summed E-state index contributed by atoms with van der Waals surface area (Å²) in [4.78, 5) is 18.3. The van der Waals surface area contributed by atoms with Gasteiger partial charge in [-0.05, 0) is 32.9 Å². The molecule has 0 aromatic carbocycles. The Labute approximate surface area is 102 Å². The van der Waals surface area contributed by atoms with E-state index in [2.05, 4.69) is 4.98 Å². The Hall–Kier alpha value is -1.42. The van der Waals surface area contributed by atoms with Crippen molar-refractivity contribution in [2.24, 2.45) is 0 Å². The molecule has 0 N–H and O–H groups in total. The predicted molar refractivity (Wildman–Crippen MR) is 64.9 cm³/mol. The fraction of sp³-hybridized carbons (Fsp3) is 0.538. The van der Waals surface area contributed by atoms with Crippen LogP contribution in [0, 0.1) is 6.92 Å². The zero-order valence-electron chi connectivity index (χ0n) is 10.5. The van der Waals surface area contributed by atoms with Crippen LogP contribution < -0.4 is 0 Å². The SMILES string of the molecule is Cc1cccc(C(=O)N2CC(C)OC(C)C2)n1. The average Bonchev–Trinajstić information content (AvgIpc) is 2.26. The highest BCUT2D eigenvalue weighted by Gasteiger charge is 2.27. The molecular formula is C13H18N2O2. The van der Waals surface area contributed by atoms with Crippen LogP contribution in [0.2, 0.25) is 0 Å². The monoisotopic (exact) mass is 234 g/mol. The van der Waals surface area contributed by atoms with Crippen molar-refractivity contribution in [2.45, 2.75) is 33.0 Å². The Morgan fingerprint density at radius 1 is 1.35 bits per heavy atom. The van der Waals surface area contributed by atoms with Gasteiger partial charge in [0.2, 0.25) is 0 Å². The minimum Gasteiger partial charge on any atom is -0.372 e. The number of rotatable bonds is 1. The van der Waals surface area contributed by atoms with Gasteiger partial charge in [0, 0.05) is 18.8 Å². The van der Waals surface area contributed by atoms with Gasteiger partial charge in [-0.25, -0.2) is 4.98 Å². The number of ether oxygens (including phenoxy) is 1. The fourth-order valence-electron chi connectivity index (χ4n) is 2.17. The zero-order valence-corrected chi connectivity index (χ0v) is 10.5. The molecule has 1 fully saturated rings. The summed E-state index contributed by atoms with van der Waals surface area (Å²) in [6.45, 7) is 7.14. The summed E-state index contributed by atoms with van der Waals surface area (Å²) in [6.07, 6.45) is 0.181. The Balaban J connectivity index is 2.14. The van der Waals surface area contributed by atoms with Crippen LogP contribution >= 0.6 is 0 Å². The molecule has 17 heavy (non-hydrogen) atoms. The molecule has 92 valence electrons. The summed E-state index contributed by atoms with van der Waals surface area (Å²) >= 11 is 0. The topological polar surface area (TPSA) is 42.4 Å². The summed E-state index contributed by atoms with van der Waals surface area (Å²) in [6, 6.07) is 5.52. The number of carbonyl (C=O) groups excluding carboxylic acids is 1. The second kappa shape index (κ2) is 4.84. The van der Waals surface area contributed by atoms with E-state index in [4.69, 9.17) is 4.74 Å². The summed E-state index contributed by atoms with van der Waals surface area (Å²) in [5.74, 6) is -0.00398. The van der Waals surface area contributed by atoms with E-state index in [-0.39, 0.29) is 18.1 Å². The van der Waals surface area contributed by atoms with Gasteiger partial charge < -0.3 is 9.64 Å². The van der Waals surface area contributed by atoms with E-state index in [0.717, 1.165) is 5.69 Å². The Morgan fingerprint density at radius 2 is 2.00 bits per heavy atom. The lowest BCUT2D eigenvalue weighted by atomic mass is 10.2. The Kier molecular flexibility index (Phi) is 3.43. The maximum Gasteiger partial charge on any atom is 0.272 e. The predicted octanol–water partition coefficient (Wildman–Crippen LogP) is 1.64. The maximum absolute atomic E-state index is 12.3. The van der Waals surface area contributed by atoms with Crippen molar-refractivity contribution < 1.29 is 9.53 Å². The fourth-order valence-corrected chi connectivity index (χ4v) is 2.17. The molecule has 1 aromatic rings. The van der Waals surface area contributed by atoms with Crippen molar-refractivity contribution in [2.75, 3.05) is 13.1 Å². The van der Waals surface area contributed by atoms with Crippen molar-refractivity contribution in [3.63, 3.8) is 0 Å². The molecule has 0 bridgehead atoms. The third kappa shape index (κ3) is 2.82. The van der Waals surface area contributed by atoms with E-state index in [9.17, 15) is 4.79 Å². The molecule has 4 nitrogen and oxygen atoms in total. The highest BCUT2D eigenvalue weighted by molar-refractivity contribution is 5.92. The van der Waals surface area contributed by atoms with Crippen LogP contribution in [0.3, 0.4) is 0 Å². The second-order valence-electron chi connectivity index (χ2n) is 4.63. The van der Waals surface area contributed by atoms with Crippen molar-refractivity contribution in [3.8, 4) is 0 Å². The van der Waals surface area contributed by atoms with Crippen molar-refractivity contribution in [3.05, 3.63) is 29.6 Å². The van der Waals surface area contributed by atoms with E-state index in [1.165, 1.54) is 0 Å². The van der Waals surface area contributed by atoms with Crippen LogP contribution in [0.1, 0.15) is 30.0 Å². The Morgan fingerprint density at radius 3 is 2.59 bits per heavy atom. The minimum atomic E-state index is -0.00398. The molecule has 2 heterocycles. The summed E-state index contributed by atoms with van der Waals surface area (Å²) in [7, 11) is 0. The molecule has 2 rings (SSSR count). The maximum atomic E-state index is 12.3. The van der Waals surface area contributed by atoms with E-state index in [1.807, 2.05) is 37.8 Å². The lowest BCUT2D eigenvalue weighted by Crippen LogP contribution is -2.48. The van der Waals surface area contributed by atoms with Gasteiger partial charge in [-0.15, -0.1) is 0 Å². The first-order chi connectivity index (χ1) is 8.06. The first kappa shape index (κ1) is 12.0. The highest BCUT2D eigenvalue weighted by atomic mass is 16.5. The first-order valence-corrected chi connectivity index (χ1v) is 5.94. The highest BCUT2D eigenvalue weighted by Crippen LogP contribution is 2.13. The number of morpholine rings is 1. The van der Waals surface area contributed by atoms with E-state index >= 15 is 0 Å². The molecule has 2 atom stereocenters. The number of carbonyl (C=O) groups is 1. The first-order valence-electron chi connectivity index (χ1n) is 5.94. The Bertz CT molecular complexity index is 410. The number of aryl methyl sites for hydroxylation is 1. The van der Waals surface area contributed by atoms with Gasteiger partial charge in [-0.1, -0.05) is 6.07 Å². The molecule has 4 heteroatoms. The van der Waals surface area contributed by atoms with Gasteiger partial charge in [0.05, 0.1) is 12.2 Å². The third-order valence-electron chi connectivity index (χ3n) is 2.81. The van der Waals surface area contributed by atoms with Gasteiger partial charge in [0.1, 0.15) is 5.69 Å². The minimum absolute atomic E-state index is 0.00398. The summed E-state index contributed by atoms with van der Waals surface area (Å²) < 4.78 is 5.61. The molecule has 0 spiro atoms. The van der Waals surface area contributed by atoms with Crippen molar-refractivity contribution in [1.29, 1.82) is 0 Å². The second-order valence-corrected chi connectivity index (χ2v) is 4.63. The van der Waals surface area contributed by atoms with E-state index < -0.39 is 0 Å². The van der Waals surface area contributed by atoms with Gasteiger partial charge in [0.25, 0.3) is 5.91 Å². The van der Waals surface area contributed by atoms with Crippen LogP contribution in [0.25, 0.3) is 0 Å². The van der Waals surface area contributed by atoms with Crippen LogP contribution in [0.15, 0.2) is 18.2 Å². The van der Waals surface area contributed by atoms with E-state index in [1.54, 1.807) is 6.07 Å². The summed E-state index contributed by atoms with van der Waals surface area (Å²) in [5, 5.41) is 0. The zero-order chi connectivity index (χ0) is 12.4. The molecule has 1 aliphatic rings. The third-order valence-corrected chi connectivity index (χ3v) is 2.81. The number of aromatic nitrogens is 1. The number of amides is 1. The van der Waals surface area contributed by atoms with Crippen LogP contribution in [0.4, 0.5) is 0 Å². The normalized spacial score (nSPS) is 24.8. The number of hydrogen-bond donors (Lipinski definition) is 0. The molecule has 2 unspecified atom stereocenters. The molecule has 1 amide bonds.